The number of nitrogens with one attached hydrogen (secondary N) is 1. The van der Waals surface area contributed by atoms with Crippen LogP contribution in [0.3, 0.4) is 0 Å². The number of sulfonamides is 1. The monoisotopic (exact) mass is 603 g/mol. The van der Waals surface area contributed by atoms with Crippen LogP contribution in [0.1, 0.15) is 43.9 Å². The predicted octanol–water partition coefficient (Wildman–Crippen LogP) is 6.14. The maximum absolute atomic E-state index is 14.0. The summed E-state index contributed by atoms with van der Waals surface area (Å²) < 4.78 is 28.8. The van der Waals surface area contributed by atoms with Gasteiger partial charge in [0.1, 0.15) is 12.6 Å². The van der Waals surface area contributed by atoms with E-state index in [0.29, 0.717) is 0 Å². The molecule has 7 nitrogen and oxygen atoms in total. The first-order valence-electron chi connectivity index (χ1n) is 13.0. The summed E-state index contributed by atoms with van der Waals surface area (Å²) in [5.41, 5.74) is 2.89. The minimum atomic E-state index is -4.19. The first-order valence-corrected chi connectivity index (χ1v) is 15.2. The Kier molecular flexibility index (Phi) is 10.6. The Labute approximate surface area is 247 Å². The molecule has 3 rings (SSSR count). The van der Waals surface area contributed by atoms with E-state index in [1.54, 1.807) is 19.1 Å². The van der Waals surface area contributed by atoms with Gasteiger partial charge in [-0.25, -0.2) is 8.42 Å². The van der Waals surface area contributed by atoms with Gasteiger partial charge in [-0.15, -0.1) is 0 Å². The van der Waals surface area contributed by atoms with Gasteiger partial charge in [0, 0.05) is 12.6 Å². The van der Waals surface area contributed by atoms with Gasteiger partial charge < -0.3 is 10.2 Å². The molecule has 0 aliphatic heterocycles. The molecule has 2 unspecified atom stereocenters. The molecule has 40 heavy (non-hydrogen) atoms. The second-order valence-corrected chi connectivity index (χ2v) is 12.6. The zero-order valence-corrected chi connectivity index (χ0v) is 25.6. The summed E-state index contributed by atoms with van der Waals surface area (Å²) >= 11 is 12.4. The number of hydrogen-bond donors (Lipinski definition) is 1. The van der Waals surface area contributed by atoms with Crippen molar-refractivity contribution in [3.8, 4) is 0 Å². The summed E-state index contributed by atoms with van der Waals surface area (Å²) in [5.74, 6) is -0.868. The van der Waals surface area contributed by atoms with Gasteiger partial charge in [-0.05, 0) is 70.0 Å². The number of nitrogens with zero attached hydrogens (tertiary/aromatic N) is 2. The Morgan fingerprint density at radius 2 is 1.57 bits per heavy atom. The van der Waals surface area contributed by atoms with Crippen LogP contribution >= 0.6 is 23.2 Å². The molecule has 0 aromatic heterocycles. The minimum Gasteiger partial charge on any atom is -0.352 e. The first kappa shape index (κ1) is 31.5. The Balaban J connectivity index is 2.05. The van der Waals surface area contributed by atoms with E-state index in [2.05, 4.69) is 5.32 Å². The molecule has 0 bridgehead atoms. The molecule has 0 saturated carbocycles. The number of rotatable bonds is 11. The SMILES string of the molecule is CCC(C)NC(=O)C(C)N(Cc1cccc(C)c1)C(=O)CN(c1ccc(Cl)c(Cl)c1)S(=O)(=O)c1ccc(C)cc1. The van der Waals surface area contributed by atoms with Crippen LogP contribution in [0.2, 0.25) is 10.0 Å². The van der Waals surface area contributed by atoms with Crippen molar-refractivity contribution >= 4 is 50.7 Å². The fourth-order valence-electron chi connectivity index (χ4n) is 4.06. The van der Waals surface area contributed by atoms with Gasteiger partial charge in [0.15, 0.2) is 0 Å². The lowest BCUT2D eigenvalue weighted by Gasteiger charge is -2.32. The van der Waals surface area contributed by atoms with E-state index in [-0.39, 0.29) is 39.1 Å². The molecule has 0 radical (unpaired) electrons. The van der Waals surface area contributed by atoms with Crippen LogP contribution in [-0.2, 0) is 26.2 Å². The lowest BCUT2D eigenvalue weighted by molar-refractivity contribution is -0.139. The second-order valence-electron chi connectivity index (χ2n) is 9.93. The molecular weight excluding hydrogens is 569 g/mol. The third kappa shape index (κ3) is 7.77. The highest BCUT2D eigenvalue weighted by atomic mass is 35.5. The molecule has 3 aromatic rings. The molecule has 2 atom stereocenters. The molecule has 0 aliphatic carbocycles. The van der Waals surface area contributed by atoms with Gasteiger partial charge in [-0.1, -0.05) is 77.7 Å². The molecule has 1 N–H and O–H groups in total. The highest BCUT2D eigenvalue weighted by molar-refractivity contribution is 7.92. The van der Waals surface area contributed by atoms with Crippen LogP contribution in [-0.4, -0.2) is 43.8 Å². The summed E-state index contributed by atoms with van der Waals surface area (Å²) in [6, 6.07) is 17.4. The van der Waals surface area contributed by atoms with E-state index in [9.17, 15) is 18.0 Å². The average molecular weight is 605 g/mol. The van der Waals surface area contributed by atoms with E-state index in [4.69, 9.17) is 23.2 Å². The number of halogens is 2. The summed E-state index contributed by atoms with van der Waals surface area (Å²) in [7, 11) is -4.19. The Hall–Kier alpha value is -3.07. The Bertz CT molecular complexity index is 1460. The largest absolute Gasteiger partial charge is 0.352 e. The molecule has 214 valence electrons. The van der Waals surface area contributed by atoms with Gasteiger partial charge >= 0.3 is 0 Å². The zero-order chi connectivity index (χ0) is 29.6. The van der Waals surface area contributed by atoms with Crippen LogP contribution in [0.15, 0.2) is 71.6 Å². The van der Waals surface area contributed by atoms with Gasteiger partial charge in [0.2, 0.25) is 11.8 Å². The standard InChI is InChI=1S/C30H35Cl2N3O4S/c1-6-22(4)33-30(37)23(5)34(18-24-9-7-8-21(3)16-24)29(36)19-35(25-12-15-27(31)28(32)17-25)40(38,39)26-13-10-20(2)11-14-26/h7-17,22-23H,6,18-19H2,1-5H3,(H,33,37). The molecule has 0 aliphatic rings. The lowest BCUT2D eigenvalue weighted by atomic mass is 10.1. The molecule has 0 heterocycles. The minimum absolute atomic E-state index is 0.0183. The molecule has 3 aromatic carbocycles. The molecular formula is C30H35Cl2N3O4S. The van der Waals surface area contributed by atoms with E-state index >= 15 is 0 Å². The number of carbonyl (C=O) groups excluding carboxylic acids is 2. The van der Waals surface area contributed by atoms with Crippen molar-refractivity contribution in [3.05, 3.63) is 93.5 Å². The normalized spacial score (nSPS) is 12.9. The topological polar surface area (TPSA) is 86.8 Å². The zero-order valence-electron chi connectivity index (χ0n) is 23.3. The molecule has 0 spiro atoms. The summed E-state index contributed by atoms with van der Waals surface area (Å²) in [4.78, 5) is 28.5. The van der Waals surface area contributed by atoms with E-state index in [1.165, 1.54) is 35.2 Å². The number of carbonyl (C=O) groups is 2. The van der Waals surface area contributed by atoms with E-state index in [0.717, 1.165) is 27.4 Å². The summed E-state index contributed by atoms with van der Waals surface area (Å²) in [5, 5.41) is 3.32. The molecule has 0 fully saturated rings. The first-order chi connectivity index (χ1) is 18.8. The highest BCUT2D eigenvalue weighted by Gasteiger charge is 2.33. The molecule has 2 amide bonds. The summed E-state index contributed by atoms with van der Waals surface area (Å²) in [6.07, 6.45) is 0.726. The van der Waals surface area contributed by atoms with Gasteiger partial charge in [0.25, 0.3) is 10.0 Å². The van der Waals surface area contributed by atoms with Gasteiger partial charge in [-0.3, -0.25) is 13.9 Å². The van der Waals surface area contributed by atoms with Gasteiger partial charge in [-0.2, -0.15) is 0 Å². The number of benzene rings is 3. The maximum Gasteiger partial charge on any atom is 0.264 e. The smallest absolute Gasteiger partial charge is 0.264 e. The maximum atomic E-state index is 14.0. The van der Waals surface area contributed by atoms with Crippen LogP contribution in [0.5, 0.6) is 0 Å². The highest BCUT2D eigenvalue weighted by Crippen LogP contribution is 2.31. The van der Waals surface area contributed by atoms with Crippen molar-refractivity contribution in [2.45, 2.75) is 64.6 Å². The van der Waals surface area contributed by atoms with Crippen LogP contribution < -0.4 is 9.62 Å². The fraction of sp³-hybridized carbons (Fsp3) is 0.333. The van der Waals surface area contributed by atoms with Crippen molar-refractivity contribution in [2.75, 3.05) is 10.8 Å². The average Bonchev–Trinajstić information content (AvgIpc) is 2.91. The van der Waals surface area contributed by atoms with Crippen LogP contribution in [0, 0.1) is 13.8 Å². The van der Waals surface area contributed by atoms with E-state index in [1.807, 2.05) is 52.0 Å². The van der Waals surface area contributed by atoms with Crippen molar-refractivity contribution < 1.29 is 18.0 Å². The fourth-order valence-corrected chi connectivity index (χ4v) is 5.76. The van der Waals surface area contributed by atoms with Crippen molar-refractivity contribution in [1.29, 1.82) is 0 Å². The quantitative estimate of drug-likeness (QED) is 0.285. The predicted molar refractivity (Wildman–Crippen MR) is 161 cm³/mol. The Morgan fingerprint density at radius 3 is 2.17 bits per heavy atom. The van der Waals surface area contributed by atoms with E-state index < -0.39 is 28.5 Å². The van der Waals surface area contributed by atoms with Crippen LogP contribution in [0.4, 0.5) is 5.69 Å². The second kappa shape index (κ2) is 13.5. The van der Waals surface area contributed by atoms with Crippen molar-refractivity contribution in [2.24, 2.45) is 0 Å². The number of anilines is 1. The third-order valence-corrected chi connectivity index (χ3v) is 9.21. The number of amides is 2. The molecule has 0 saturated heterocycles. The number of hydrogen-bond acceptors (Lipinski definition) is 4. The lowest BCUT2D eigenvalue weighted by Crippen LogP contribution is -2.52. The number of aryl methyl sites for hydroxylation is 2. The van der Waals surface area contributed by atoms with Crippen molar-refractivity contribution in [3.63, 3.8) is 0 Å². The third-order valence-electron chi connectivity index (χ3n) is 6.68. The molecule has 10 heteroatoms. The Morgan fingerprint density at radius 1 is 0.900 bits per heavy atom. The van der Waals surface area contributed by atoms with Crippen LogP contribution in [0.25, 0.3) is 0 Å². The van der Waals surface area contributed by atoms with Gasteiger partial charge in [0.05, 0.1) is 20.6 Å². The van der Waals surface area contributed by atoms with Crippen molar-refractivity contribution in [1.82, 2.24) is 10.2 Å². The summed E-state index contributed by atoms with van der Waals surface area (Å²) in [6.45, 7) is 8.84.